The molecule has 1 unspecified atom stereocenters. The molecule has 0 amide bonds. The first kappa shape index (κ1) is 24.0. The number of hydroxylamine groups is 1. The van der Waals surface area contributed by atoms with E-state index in [1.165, 1.54) is 18.2 Å². The summed E-state index contributed by atoms with van der Waals surface area (Å²) in [6, 6.07) is 18.6. The van der Waals surface area contributed by atoms with E-state index in [4.69, 9.17) is 27.9 Å². The van der Waals surface area contributed by atoms with Crippen LogP contribution in [0.5, 0.6) is 5.75 Å². The van der Waals surface area contributed by atoms with E-state index >= 15 is 0 Å². The number of azo groups is 1. The van der Waals surface area contributed by atoms with Gasteiger partial charge in [-0.25, -0.2) is 0 Å². The molecule has 0 aromatic heterocycles. The molecule has 5 rings (SSSR count). The van der Waals surface area contributed by atoms with Crippen molar-refractivity contribution in [1.82, 2.24) is 0 Å². The monoisotopic (exact) mass is 519 g/mol. The zero-order valence-electron chi connectivity index (χ0n) is 19.5. The molecule has 1 aliphatic carbocycles. The van der Waals surface area contributed by atoms with Crippen molar-refractivity contribution in [3.63, 3.8) is 0 Å². The number of rotatable bonds is 6. The number of halogens is 2. The molecule has 182 valence electrons. The van der Waals surface area contributed by atoms with Crippen molar-refractivity contribution in [2.45, 2.75) is 18.8 Å². The molecule has 7 nitrogen and oxygen atoms in total. The Bertz CT molecular complexity index is 1440. The van der Waals surface area contributed by atoms with Gasteiger partial charge in [-0.1, -0.05) is 40.7 Å². The van der Waals surface area contributed by atoms with Gasteiger partial charge < -0.3 is 20.6 Å². The van der Waals surface area contributed by atoms with Gasteiger partial charge in [-0.15, -0.1) is 11.6 Å². The van der Waals surface area contributed by atoms with Crippen LogP contribution >= 0.6 is 23.2 Å². The van der Waals surface area contributed by atoms with Gasteiger partial charge in [0.2, 0.25) is 5.82 Å². The van der Waals surface area contributed by atoms with Crippen molar-refractivity contribution in [3.05, 3.63) is 93.0 Å². The first-order valence-corrected chi connectivity index (χ1v) is 12.4. The lowest BCUT2D eigenvalue weighted by atomic mass is 9.90. The highest BCUT2D eigenvalue weighted by molar-refractivity contribution is 6.32. The third-order valence-electron chi connectivity index (χ3n) is 6.36. The summed E-state index contributed by atoms with van der Waals surface area (Å²) in [7, 11) is 1.34. The Balaban J connectivity index is 1.41. The number of hydrogen-bond donors (Lipinski definition) is 2. The molecule has 36 heavy (non-hydrogen) atoms. The molecule has 2 N–H and O–H groups in total. The predicted octanol–water partition coefficient (Wildman–Crippen LogP) is 6.80. The Kier molecular flexibility index (Phi) is 6.73. The van der Waals surface area contributed by atoms with E-state index in [-0.39, 0.29) is 5.92 Å². The smallest absolute Gasteiger partial charge is 0.215 e. The molecular weight excluding hydrogens is 497 g/mol. The quantitative estimate of drug-likeness (QED) is 0.161. The summed E-state index contributed by atoms with van der Waals surface area (Å²) in [4.78, 5) is 0.510. The van der Waals surface area contributed by atoms with Crippen molar-refractivity contribution >= 4 is 34.6 Å². The first-order valence-electron chi connectivity index (χ1n) is 11.5. The number of hydrogen-bond acceptors (Lipinski definition) is 6. The number of ether oxygens (including phenoxy) is 1. The van der Waals surface area contributed by atoms with Gasteiger partial charge in [-0.05, 0) is 64.9 Å². The second-order valence-corrected chi connectivity index (χ2v) is 9.44. The third kappa shape index (κ3) is 4.70. The molecule has 2 aliphatic rings. The van der Waals surface area contributed by atoms with Gasteiger partial charge >= 0.3 is 0 Å². The Labute approximate surface area is 219 Å². The van der Waals surface area contributed by atoms with E-state index in [2.05, 4.69) is 46.1 Å². The zero-order valence-corrected chi connectivity index (χ0v) is 21.0. The van der Waals surface area contributed by atoms with Crippen molar-refractivity contribution < 1.29 is 9.60 Å². The summed E-state index contributed by atoms with van der Waals surface area (Å²) in [5.41, 5.74) is 7.95. The fraction of sp³-hybridized carbons (Fsp3) is 0.222. The van der Waals surface area contributed by atoms with Crippen LogP contribution in [0.3, 0.4) is 0 Å². The van der Waals surface area contributed by atoms with Crippen LogP contribution in [-0.2, 0) is 6.42 Å². The van der Waals surface area contributed by atoms with Crippen molar-refractivity contribution in [2.75, 3.05) is 30.2 Å². The average Bonchev–Trinajstić information content (AvgIpc) is 3.30. The average molecular weight is 520 g/mol. The third-order valence-corrected chi connectivity index (χ3v) is 6.80. The van der Waals surface area contributed by atoms with Crippen molar-refractivity contribution in [2.24, 2.45) is 5.11 Å². The highest BCUT2D eigenvalue weighted by atomic mass is 35.5. The maximum atomic E-state index is 11.2. The minimum absolute atomic E-state index is 0.168. The second-order valence-electron chi connectivity index (χ2n) is 8.66. The molecule has 0 spiro atoms. The lowest BCUT2D eigenvalue weighted by Gasteiger charge is -2.18. The number of nitrogens with one attached hydrogen (secondary N) is 2. The standard InChI is InChI=1S/C27H23Cl2N5O2/c1-34(35)33-26-15-31-25-13-17(4-7-24(25)32-26)16-2-5-21-18(10-16)3-6-22(21)19-11-20(14-30)27(23(29)12-19)36-9-8-28/h2,4-5,7,10-13,15,22,31-32H,3,6,8-9H2,1H3/b34-33+. The summed E-state index contributed by atoms with van der Waals surface area (Å²) < 4.78 is 5.60. The minimum atomic E-state index is 0.168. The van der Waals surface area contributed by atoms with Gasteiger partial charge in [0, 0.05) is 11.0 Å². The molecule has 0 radical (unpaired) electrons. The summed E-state index contributed by atoms with van der Waals surface area (Å²) in [6.45, 7) is 0.295. The van der Waals surface area contributed by atoms with Gasteiger partial charge in [0.15, 0.2) is 12.8 Å². The zero-order chi connectivity index (χ0) is 25.2. The van der Waals surface area contributed by atoms with E-state index in [0.717, 1.165) is 40.9 Å². The van der Waals surface area contributed by atoms with Gasteiger partial charge in [0.05, 0.1) is 34.0 Å². The molecule has 1 aliphatic heterocycles. The molecule has 1 heterocycles. The van der Waals surface area contributed by atoms with Crippen LogP contribution in [0.2, 0.25) is 5.02 Å². The van der Waals surface area contributed by atoms with Crippen LogP contribution in [-0.4, -0.2) is 24.4 Å². The molecule has 0 fully saturated rings. The predicted molar refractivity (Wildman–Crippen MR) is 142 cm³/mol. The lowest BCUT2D eigenvalue weighted by Crippen LogP contribution is -2.10. The first-order chi connectivity index (χ1) is 17.5. The molecule has 3 aromatic carbocycles. The SMILES string of the molecule is C/[N+]([O-])=N\C1=CNc2cc(-c3ccc4c(c3)CCC4c3cc(Cl)c(OCCCl)c(C#N)c3)ccc2N1. The van der Waals surface area contributed by atoms with Gasteiger partial charge in [-0.2, -0.15) is 5.26 Å². The van der Waals surface area contributed by atoms with Crippen molar-refractivity contribution in [3.8, 4) is 22.9 Å². The van der Waals surface area contributed by atoms with E-state index in [1.54, 1.807) is 6.20 Å². The molecule has 0 saturated carbocycles. The van der Waals surface area contributed by atoms with Crippen LogP contribution in [0.25, 0.3) is 11.1 Å². The fourth-order valence-electron chi connectivity index (χ4n) is 4.81. The number of nitriles is 1. The van der Waals surface area contributed by atoms with E-state index in [1.807, 2.05) is 24.3 Å². The van der Waals surface area contributed by atoms with Gasteiger partial charge in [0.25, 0.3) is 0 Å². The second kappa shape index (κ2) is 10.1. The normalized spacial score (nSPS) is 16.2. The highest BCUT2D eigenvalue weighted by Gasteiger charge is 2.26. The maximum absolute atomic E-state index is 11.2. The number of aryl methyl sites for hydroxylation is 1. The van der Waals surface area contributed by atoms with Crippen LogP contribution in [0.1, 0.15) is 34.6 Å². The van der Waals surface area contributed by atoms with E-state index < -0.39 is 0 Å². The number of alkyl halides is 1. The van der Waals surface area contributed by atoms with Crippen LogP contribution in [0.4, 0.5) is 11.4 Å². The summed E-state index contributed by atoms with van der Waals surface area (Å²) in [5, 5.41) is 31.5. The highest BCUT2D eigenvalue weighted by Crippen LogP contribution is 2.43. The summed E-state index contributed by atoms with van der Waals surface area (Å²) >= 11 is 12.2. The molecule has 0 saturated heterocycles. The Morgan fingerprint density at radius 2 is 1.97 bits per heavy atom. The molecule has 0 bridgehead atoms. The summed E-state index contributed by atoms with van der Waals surface area (Å²) in [5.74, 6) is 1.34. The number of anilines is 2. The van der Waals surface area contributed by atoms with E-state index in [0.29, 0.717) is 39.5 Å². The van der Waals surface area contributed by atoms with Crippen molar-refractivity contribution in [1.29, 1.82) is 5.26 Å². The Morgan fingerprint density at radius 3 is 2.75 bits per heavy atom. The van der Waals surface area contributed by atoms with Gasteiger partial charge in [0.1, 0.15) is 12.7 Å². The number of nitrogens with zero attached hydrogens (tertiary/aromatic N) is 3. The molecule has 1 atom stereocenters. The molecule has 3 aromatic rings. The topological polar surface area (TPSA) is 95.5 Å². The van der Waals surface area contributed by atoms with E-state index in [9.17, 15) is 10.5 Å². The lowest BCUT2D eigenvalue weighted by molar-refractivity contribution is -0.495. The Morgan fingerprint density at radius 1 is 1.17 bits per heavy atom. The molecular formula is C27H23Cl2N5O2. The van der Waals surface area contributed by atoms with Crippen LogP contribution in [0.15, 0.2) is 65.7 Å². The number of fused-ring (bicyclic) bond motifs is 2. The maximum Gasteiger partial charge on any atom is 0.215 e. The minimum Gasteiger partial charge on any atom is -0.600 e. The fourth-order valence-corrected chi connectivity index (χ4v) is 5.17. The molecule has 9 heteroatoms. The van der Waals surface area contributed by atoms with Crippen LogP contribution in [0, 0.1) is 16.5 Å². The van der Waals surface area contributed by atoms with Gasteiger partial charge in [-0.3, -0.25) is 0 Å². The van der Waals surface area contributed by atoms with Crippen LogP contribution < -0.4 is 15.4 Å². The summed E-state index contributed by atoms with van der Waals surface area (Å²) in [6.07, 6.45) is 3.56. The number of benzene rings is 3. The largest absolute Gasteiger partial charge is 0.600 e. The Hall–Kier alpha value is -3.73.